The van der Waals surface area contributed by atoms with Crippen molar-refractivity contribution >= 4 is 17.4 Å². The molecule has 4 nitrogen and oxygen atoms in total. The zero-order valence-corrected chi connectivity index (χ0v) is 18.2. The maximum atomic E-state index is 13.4. The molecule has 0 saturated carbocycles. The first-order valence-corrected chi connectivity index (χ1v) is 10.9. The van der Waals surface area contributed by atoms with Crippen molar-refractivity contribution in [3.8, 4) is 0 Å². The van der Waals surface area contributed by atoms with Gasteiger partial charge in [-0.1, -0.05) is 38.1 Å². The Hall–Kier alpha value is -2.76. The van der Waals surface area contributed by atoms with Crippen LogP contribution in [0.4, 0.5) is 14.5 Å². The molecule has 2 aromatic rings. The van der Waals surface area contributed by atoms with Crippen LogP contribution in [-0.4, -0.2) is 31.3 Å². The van der Waals surface area contributed by atoms with Gasteiger partial charge in [0.25, 0.3) is 0 Å². The average molecular weight is 429 g/mol. The van der Waals surface area contributed by atoms with Crippen molar-refractivity contribution in [3.05, 3.63) is 65.2 Å². The first kappa shape index (κ1) is 22.9. The van der Waals surface area contributed by atoms with Gasteiger partial charge in [0.1, 0.15) is 0 Å². The minimum absolute atomic E-state index is 0.0309. The molecule has 1 heterocycles. The van der Waals surface area contributed by atoms with Gasteiger partial charge in [-0.05, 0) is 42.4 Å². The summed E-state index contributed by atoms with van der Waals surface area (Å²) in [5.74, 6) is -1.08. The molecule has 1 N–H and O–H groups in total. The van der Waals surface area contributed by atoms with Crippen LogP contribution in [0.5, 0.6) is 0 Å². The number of amides is 1. The van der Waals surface area contributed by atoms with E-state index in [0.29, 0.717) is 30.3 Å². The normalized spacial score (nSPS) is 16.0. The molecule has 6 heteroatoms. The van der Waals surface area contributed by atoms with Gasteiger partial charge in [-0.25, -0.2) is 8.78 Å². The first-order chi connectivity index (χ1) is 14.8. The van der Waals surface area contributed by atoms with E-state index >= 15 is 0 Å². The molecule has 1 aliphatic rings. The summed E-state index contributed by atoms with van der Waals surface area (Å²) in [6.45, 7) is 6.23. The van der Waals surface area contributed by atoms with Crippen LogP contribution in [0.25, 0.3) is 0 Å². The Morgan fingerprint density at radius 3 is 2.48 bits per heavy atom. The fourth-order valence-electron chi connectivity index (χ4n) is 3.93. The van der Waals surface area contributed by atoms with Crippen LogP contribution >= 0.6 is 0 Å². The largest absolute Gasteiger partial charge is 0.371 e. The highest BCUT2D eigenvalue weighted by atomic mass is 19.2. The molecule has 1 fully saturated rings. The van der Waals surface area contributed by atoms with E-state index in [2.05, 4.69) is 19.2 Å². The van der Waals surface area contributed by atoms with Crippen molar-refractivity contribution in [2.24, 2.45) is 11.8 Å². The van der Waals surface area contributed by atoms with Gasteiger partial charge in [0.15, 0.2) is 17.4 Å². The van der Waals surface area contributed by atoms with Crippen LogP contribution in [0.1, 0.15) is 49.0 Å². The van der Waals surface area contributed by atoms with Crippen LogP contribution in [0, 0.1) is 23.5 Å². The summed E-state index contributed by atoms with van der Waals surface area (Å²) in [5, 5.41) is 2.90. The summed E-state index contributed by atoms with van der Waals surface area (Å²) in [6, 6.07) is 11.5. The van der Waals surface area contributed by atoms with Gasteiger partial charge in [0.05, 0.1) is 0 Å². The van der Waals surface area contributed by atoms with E-state index in [1.165, 1.54) is 11.6 Å². The minimum Gasteiger partial charge on any atom is -0.371 e. The maximum absolute atomic E-state index is 13.4. The summed E-state index contributed by atoms with van der Waals surface area (Å²) < 4.78 is 26.5. The van der Waals surface area contributed by atoms with Crippen LogP contribution in [0.2, 0.25) is 0 Å². The van der Waals surface area contributed by atoms with Crippen LogP contribution in [0.15, 0.2) is 42.5 Å². The highest BCUT2D eigenvalue weighted by Gasteiger charge is 2.24. The summed E-state index contributed by atoms with van der Waals surface area (Å²) in [4.78, 5) is 26.5. The molecule has 1 amide bonds. The topological polar surface area (TPSA) is 49.4 Å². The summed E-state index contributed by atoms with van der Waals surface area (Å²) in [5.41, 5.74) is 2.49. The number of Topliss-reactive ketones (excluding diaryl/α,β-unsaturated/α-hetero) is 1. The number of hydrogen-bond acceptors (Lipinski definition) is 3. The Balaban J connectivity index is 1.39. The number of carbonyl (C=O) groups excluding carboxylic acids is 2. The molecule has 31 heavy (non-hydrogen) atoms. The molecular weight excluding hydrogens is 398 g/mol. The second-order valence-electron chi connectivity index (χ2n) is 8.72. The number of hydrogen-bond donors (Lipinski definition) is 1. The predicted octanol–water partition coefficient (Wildman–Crippen LogP) is 4.77. The minimum atomic E-state index is -0.854. The number of halogens is 2. The summed E-state index contributed by atoms with van der Waals surface area (Å²) >= 11 is 0. The Labute approximate surface area is 182 Å². The second-order valence-corrected chi connectivity index (χ2v) is 8.72. The molecule has 0 radical (unpaired) electrons. The number of rotatable bonds is 9. The predicted molar refractivity (Wildman–Crippen MR) is 118 cm³/mol. The number of anilines is 1. The number of carbonyl (C=O) groups is 2. The van der Waals surface area contributed by atoms with Gasteiger partial charge in [-0.15, -0.1) is 0 Å². The van der Waals surface area contributed by atoms with Gasteiger partial charge in [0, 0.05) is 49.8 Å². The van der Waals surface area contributed by atoms with E-state index in [0.717, 1.165) is 25.5 Å². The zero-order valence-electron chi connectivity index (χ0n) is 18.2. The van der Waals surface area contributed by atoms with Crippen molar-refractivity contribution in [2.75, 3.05) is 24.5 Å². The molecule has 166 valence electrons. The van der Waals surface area contributed by atoms with E-state index in [9.17, 15) is 18.4 Å². The molecule has 1 atom stereocenters. The van der Waals surface area contributed by atoms with Gasteiger partial charge in [-0.3, -0.25) is 9.59 Å². The summed E-state index contributed by atoms with van der Waals surface area (Å²) in [6.07, 6.45) is 2.18. The van der Waals surface area contributed by atoms with Gasteiger partial charge >= 0.3 is 0 Å². The lowest BCUT2D eigenvalue weighted by molar-refractivity contribution is -0.121. The van der Waals surface area contributed by atoms with Crippen LogP contribution in [0.3, 0.4) is 0 Å². The Morgan fingerprint density at radius 2 is 1.81 bits per heavy atom. The van der Waals surface area contributed by atoms with E-state index in [4.69, 9.17) is 0 Å². The second kappa shape index (κ2) is 10.5. The van der Waals surface area contributed by atoms with Crippen molar-refractivity contribution in [1.29, 1.82) is 0 Å². The number of ketones is 1. The highest BCUT2D eigenvalue weighted by molar-refractivity contribution is 5.97. The van der Waals surface area contributed by atoms with E-state index in [-0.39, 0.29) is 30.4 Å². The number of nitrogens with zero attached hydrogens (tertiary/aromatic N) is 1. The average Bonchev–Trinajstić information content (AvgIpc) is 3.21. The maximum Gasteiger partial charge on any atom is 0.220 e. The lowest BCUT2D eigenvalue weighted by atomic mass is 9.99. The Bertz CT molecular complexity index is 912. The molecule has 2 aromatic carbocycles. The molecular formula is C25H30F2N2O2. The molecule has 0 aliphatic carbocycles. The monoisotopic (exact) mass is 428 g/mol. The molecule has 1 unspecified atom stereocenters. The smallest absolute Gasteiger partial charge is 0.220 e. The first-order valence-electron chi connectivity index (χ1n) is 10.9. The van der Waals surface area contributed by atoms with Gasteiger partial charge in [0.2, 0.25) is 5.91 Å². The Kier molecular flexibility index (Phi) is 7.77. The van der Waals surface area contributed by atoms with E-state index in [1.807, 2.05) is 29.2 Å². The third-order valence-electron chi connectivity index (χ3n) is 5.64. The van der Waals surface area contributed by atoms with Crippen molar-refractivity contribution in [1.82, 2.24) is 5.32 Å². The lowest BCUT2D eigenvalue weighted by Gasteiger charge is -2.19. The van der Waals surface area contributed by atoms with E-state index in [1.54, 1.807) is 6.07 Å². The van der Waals surface area contributed by atoms with Crippen LogP contribution in [-0.2, 0) is 11.2 Å². The zero-order chi connectivity index (χ0) is 22.4. The molecule has 1 saturated heterocycles. The molecule has 3 rings (SSSR count). The standard InChI is InChI=1S/C25H30F2N2O2/c1-17(2)13-18-3-5-20(6-4-18)24(30)9-10-25(31)28-15-19-11-12-29(16-19)21-7-8-22(26)23(27)14-21/h3-8,14,17,19H,9-13,15-16H2,1-2H3,(H,28,31). The third kappa shape index (κ3) is 6.61. The van der Waals surface area contributed by atoms with Gasteiger partial charge in [-0.2, -0.15) is 0 Å². The molecule has 0 bridgehead atoms. The SMILES string of the molecule is CC(C)Cc1ccc(C(=O)CCC(=O)NCC2CCN(c3ccc(F)c(F)c3)C2)cc1. The van der Waals surface area contributed by atoms with Crippen molar-refractivity contribution in [2.45, 2.75) is 39.5 Å². The molecule has 0 spiro atoms. The Morgan fingerprint density at radius 1 is 1.06 bits per heavy atom. The highest BCUT2D eigenvalue weighted by Crippen LogP contribution is 2.25. The quantitative estimate of drug-likeness (QED) is 0.586. The fraction of sp³-hybridized carbons (Fsp3) is 0.440. The lowest BCUT2D eigenvalue weighted by Crippen LogP contribution is -2.31. The van der Waals surface area contributed by atoms with Crippen LogP contribution < -0.4 is 10.2 Å². The molecule has 0 aromatic heterocycles. The van der Waals surface area contributed by atoms with Gasteiger partial charge < -0.3 is 10.2 Å². The number of nitrogens with one attached hydrogen (secondary N) is 1. The van der Waals surface area contributed by atoms with Crippen molar-refractivity contribution in [3.63, 3.8) is 0 Å². The fourth-order valence-corrected chi connectivity index (χ4v) is 3.93. The third-order valence-corrected chi connectivity index (χ3v) is 5.64. The molecule has 1 aliphatic heterocycles. The number of benzene rings is 2. The van der Waals surface area contributed by atoms with E-state index < -0.39 is 11.6 Å². The summed E-state index contributed by atoms with van der Waals surface area (Å²) in [7, 11) is 0. The van der Waals surface area contributed by atoms with Crippen molar-refractivity contribution < 1.29 is 18.4 Å².